The van der Waals surface area contributed by atoms with Gasteiger partial charge in [-0.25, -0.2) is 4.98 Å². The molecule has 1 heterocycles. The maximum atomic E-state index is 12.2. The minimum Gasteiger partial charge on any atom is -0.356 e. The van der Waals surface area contributed by atoms with Gasteiger partial charge in [0.05, 0.1) is 17.5 Å². The molecular formula is C25H24BrN3O. The molecule has 0 fully saturated rings. The summed E-state index contributed by atoms with van der Waals surface area (Å²) in [6.07, 6.45) is 2.08. The average molecular weight is 462 g/mol. The third kappa shape index (κ3) is 5.16. The number of fused-ring (bicyclic) bond motifs is 1. The van der Waals surface area contributed by atoms with E-state index in [-0.39, 0.29) is 5.91 Å². The number of nitrogens with zero attached hydrogens (tertiary/aromatic N) is 2. The summed E-state index contributed by atoms with van der Waals surface area (Å²) in [6.45, 7) is 1.42. The second-order valence-corrected chi connectivity index (χ2v) is 8.26. The standard InChI is InChI=1S/C25H24BrN3O/c26-21-11-6-10-20(16-21)18-29-23-13-5-4-12-22(23)28-24(29)14-7-15-27-25(30)17-19-8-2-1-3-9-19/h1-6,8-13,16H,7,14-15,17-18H2,(H,27,30). The largest absolute Gasteiger partial charge is 0.356 e. The Bertz CT molecular complexity index is 1140. The maximum Gasteiger partial charge on any atom is 0.224 e. The molecule has 0 unspecified atom stereocenters. The number of aryl methyl sites for hydroxylation is 1. The molecule has 3 aromatic carbocycles. The van der Waals surface area contributed by atoms with Crippen molar-refractivity contribution in [2.45, 2.75) is 25.8 Å². The van der Waals surface area contributed by atoms with Crippen molar-refractivity contribution in [3.63, 3.8) is 0 Å². The summed E-state index contributed by atoms with van der Waals surface area (Å²) >= 11 is 3.56. The van der Waals surface area contributed by atoms with Gasteiger partial charge < -0.3 is 9.88 Å². The lowest BCUT2D eigenvalue weighted by Crippen LogP contribution is -2.26. The lowest BCUT2D eigenvalue weighted by molar-refractivity contribution is -0.120. The van der Waals surface area contributed by atoms with Crippen LogP contribution in [0.5, 0.6) is 0 Å². The van der Waals surface area contributed by atoms with Crippen molar-refractivity contribution in [1.29, 1.82) is 0 Å². The van der Waals surface area contributed by atoms with Gasteiger partial charge in [0.2, 0.25) is 5.91 Å². The fourth-order valence-corrected chi connectivity index (χ4v) is 4.08. The average Bonchev–Trinajstić information content (AvgIpc) is 3.09. The summed E-state index contributed by atoms with van der Waals surface area (Å²) in [5, 5.41) is 3.03. The molecular weight excluding hydrogens is 438 g/mol. The first-order valence-corrected chi connectivity index (χ1v) is 11.0. The van der Waals surface area contributed by atoms with Crippen LogP contribution in [0, 0.1) is 0 Å². The highest BCUT2D eigenvalue weighted by Crippen LogP contribution is 2.20. The molecule has 0 bridgehead atoms. The molecule has 0 saturated heterocycles. The van der Waals surface area contributed by atoms with Crippen molar-refractivity contribution in [2.75, 3.05) is 6.54 Å². The summed E-state index contributed by atoms with van der Waals surface area (Å²) < 4.78 is 3.36. The molecule has 0 aliphatic heterocycles. The van der Waals surface area contributed by atoms with Gasteiger partial charge in [-0.3, -0.25) is 4.79 Å². The number of halogens is 1. The Kier molecular flexibility index (Phi) is 6.60. The molecule has 1 N–H and O–H groups in total. The van der Waals surface area contributed by atoms with E-state index in [1.807, 2.05) is 42.5 Å². The molecule has 4 aromatic rings. The lowest BCUT2D eigenvalue weighted by Gasteiger charge is -2.10. The number of benzene rings is 3. The maximum absolute atomic E-state index is 12.2. The van der Waals surface area contributed by atoms with Crippen molar-refractivity contribution in [3.05, 3.63) is 100 Å². The molecule has 1 amide bonds. The van der Waals surface area contributed by atoms with E-state index in [0.29, 0.717) is 13.0 Å². The normalized spacial score (nSPS) is 11.0. The van der Waals surface area contributed by atoms with Gasteiger partial charge >= 0.3 is 0 Å². The highest BCUT2D eigenvalue weighted by molar-refractivity contribution is 9.10. The van der Waals surface area contributed by atoms with Gasteiger partial charge in [-0.1, -0.05) is 70.5 Å². The monoisotopic (exact) mass is 461 g/mol. The first kappa shape index (κ1) is 20.4. The van der Waals surface area contributed by atoms with E-state index in [9.17, 15) is 4.79 Å². The Morgan fingerprint density at radius 1 is 0.933 bits per heavy atom. The number of hydrogen-bond donors (Lipinski definition) is 1. The van der Waals surface area contributed by atoms with Gasteiger partial charge in [-0.05, 0) is 41.8 Å². The van der Waals surface area contributed by atoms with Crippen molar-refractivity contribution in [3.8, 4) is 0 Å². The predicted molar refractivity (Wildman–Crippen MR) is 124 cm³/mol. The number of carbonyl (C=O) groups is 1. The highest BCUT2D eigenvalue weighted by atomic mass is 79.9. The molecule has 0 aliphatic rings. The van der Waals surface area contributed by atoms with E-state index in [4.69, 9.17) is 4.98 Å². The number of amides is 1. The number of carbonyl (C=O) groups excluding carboxylic acids is 1. The van der Waals surface area contributed by atoms with Crippen LogP contribution >= 0.6 is 15.9 Å². The molecule has 0 atom stereocenters. The number of hydrogen-bond acceptors (Lipinski definition) is 2. The fourth-order valence-electron chi connectivity index (χ4n) is 3.63. The number of aromatic nitrogens is 2. The lowest BCUT2D eigenvalue weighted by atomic mass is 10.1. The topological polar surface area (TPSA) is 46.9 Å². The van der Waals surface area contributed by atoms with Crippen molar-refractivity contribution in [2.24, 2.45) is 0 Å². The SMILES string of the molecule is O=C(Cc1ccccc1)NCCCc1nc2ccccc2n1Cc1cccc(Br)c1. The third-order valence-corrected chi connectivity index (χ3v) is 5.56. The summed E-state index contributed by atoms with van der Waals surface area (Å²) in [5.41, 5.74) is 4.41. The minimum atomic E-state index is 0.0591. The predicted octanol–water partition coefficient (Wildman–Crippen LogP) is 5.14. The molecule has 5 heteroatoms. The van der Waals surface area contributed by atoms with E-state index in [1.165, 1.54) is 5.56 Å². The minimum absolute atomic E-state index is 0.0591. The van der Waals surface area contributed by atoms with Crippen LogP contribution in [0.3, 0.4) is 0 Å². The molecule has 4 nitrogen and oxygen atoms in total. The van der Waals surface area contributed by atoms with Crippen LogP contribution in [0.2, 0.25) is 0 Å². The van der Waals surface area contributed by atoms with Gasteiger partial charge in [0, 0.05) is 24.0 Å². The Morgan fingerprint density at radius 2 is 1.70 bits per heavy atom. The molecule has 0 saturated carbocycles. The Labute approximate surface area is 185 Å². The molecule has 30 heavy (non-hydrogen) atoms. The van der Waals surface area contributed by atoms with E-state index < -0.39 is 0 Å². The van der Waals surface area contributed by atoms with E-state index in [2.05, 4.69) is 62.2 Å². The van der Waals surface area contributed by atoms with Crippen LogP contribution in [0.25, 0.3) is 11.0 Å². The number of imidazole rings is 1. The second-order valence-electron chi connectivity index (χ2n) is 7.35. The number of para-hydroxylation sites is 2. The molecule has 0 radical (unpaired) electrons. The van der Waals surface area contributed by atoms with Gasteiger partial charge in [-0.2, -0.15) is 0 Å². The Morgan fingerprint density at radius 3 is 2.53 bits per heavy atom. The van der Waals surface area contributed by atoms with Crippen LogP contribution in [0.15, 0.2) is 83.3 Å². The van der Waals surface area contributed by atoms with Gasteiger partial charge in [0.15, 0.2) is 0 Å². The zero-order valence-electron chi connectivity index (χ0n) is 16.7. The molecule has 4 rings (SSSR count). The molecule has 0 aliphatic carbocycles. The van der Waals surface area contributed by atoms with Crippen LogP contribution < -0.4 is 5.32 Å². The second kappa shape index (κ2) is 9.72. The van der Waals surface area contributed by atoms with Gasteiger partial charge in [-0.15, -0.1) is 0 Å². The van der Waals surface area contributed by atoms with Crippen LogP contribution in [-0.2, 0) is 24.2 Å². The molecule has 1 aromatic heterocycles. The van der Waals surface area contributed by atoms with E-state index in [0.717, 1.165) is 46.3 Å². The van der Waals surface area contributed by atoms with E-state index >= 15 is 0 Å². The summed E-state index contributed by atoms with van der Waals surface area (Å²) in [5.74, 6) is 1.11. The number of rotatable bonds is 8. The summed E-state index contributed by atoms with van der Waals surface area (Å²) in [7, 11) is 0. The van der Waals surface area contributed by atoms with Crippen molar-refractivity contribution < 1.29 is 4.79 Å². The number of nitrogens with one attached hydrogen (secondary N) is 1. The molecule has 152 valence electrons. The first-order chi connectivity index (χ1) is 14.7. The third-order valence-electron chi connectivity index (χ3n) is 5.07. The summed E-state index contributed by atoms with van der Waals surface area (Å²) in [4.78, 5) is 17.0. The van der Waals surface area contributed by atoms with Crippen molar-refractivity contribution in [1.82, 2.24) is 14.9 Å². The van der Waals surface area contributed by atoms with Gasteiger partial charge in [0.25, 0.3) is 0 Å². The quantitative estimate of drug-likeness (QED) is 0.369. The smallest absolute Gasteiger partial charge is 0.224 e. The van der Waals surface area contributed by atoms with Crippen LogP contribution in [-0.4, -0.2) is 22.0 Å². The molecule has 0 spiro atoms. The Hall–Kier alpha value is -2.92. The van der Waals surface area contributed by atoms with Crippen LogP contribution in [0.4, 0.5) is 0 Å². The van der Waals surface area contributed by atoms with Crippen LogP contribution in [0.1, 0.15) is 23.4 Å². The first-order valence-electron chi connectivity index (χ1n) is 10.2. The zero-order chi connectivity index (χ0) is 20.8. The summed E-state index contributed by atoms with van der Waals surface area (Å²) in [6, 6.07) is 26.4. The Balaban J connectivity index is 1.40. The highest BCUT2D eigenvalue weighted by Gasteiger charge is 2.11. The van der Waals surface area contributed by atoms with Crippen molar-refractivity contribution >= 4 is 32.9 Å². The zero-order valence-corrected chi connectivity index (χ0v) is 18.3. The van der Waals surface area contributed by atoms with E-state index in [1.54, 1.807) is 0 Å². The van der Waals surface area contributed by atoms with Gasteiger partial charge in [0.1, 0.15) is 5.82 Å². The fraction of sp³-hybridized carbons (Fsp3) is 0.200.